The Morgan fingerprint density at radius 1 is 1.35 bits per heavy atom. The van der Waals surface area contributed by atoms with Crippen LogP contribution in [0.1, 0.15) is 13.3 Å². The van der Waals surface area contributed by atoms with Crippen molar-refractivity contribution in [1.82, 2.24) is 10.0 Å². The van der Waals surface area contributed by atoms with Gasteiger partial charge < -0.3 is 15.4 Å². The van der Waals surface area contributed by atoms with Crippen LogP contribution in [0.3, 0.4) is 0 Å². The fraction of sp³-hybridized carbons (Fsp3) is 0.500. The molecule has 0 spiro atoms. The van der Waals surface area contributed by atoms with Gasteiger partial charge in [-0.25, -0.2) is 13.1 Å². The predicted octanol–water partition coefficient (Wildman–Crippen LogP) is 0.724. The second-order valence-corrected chi connectivity index (χ2v) is 6.76. The van der Waals surface area contributed by atoms with Crippen molar-refractivity contribution < 1.29 is 17.9 Å². The minimum absolute atomic E-state index is 0. The van der Waals surface area contributed by atoms with E-state index in [4.69, 9.17) is 4.74 Å². The number of morpholine rings is 1. The summed E-state index contributed by atoms with van der Waals surface area (Å²) >= 11 is 0. The lowest BCUT2D eigenvalue weighted by Crippen LogP contribution is -2.48. The molecule has 23 heavy (non-hydrogen) atoms. The normalized spacial score (nSPS) is 18.0. The number of sulfonamides is 1. The molecule has 1 aliphatic heterocycles. The molecule has 1 atom stereocenters. The maximum Gasteiger partial charge on any atom is 0.243 e. The van der Waals surface area contributed by atoms with Crippen LogP contribution >= 0.6 is 12.4 Å². The zero-order valence-electron chi connectivity index (χ0n) is 12.9. The lowest BCUT2D eigenvalue weighted by Gasteiger charge is -2.22. The Kier molecular flexibility index (Phi) is 7.93. The van der Waals surface area contributed by atoms with Crippen molar-refractivity contribution in [3.05, 3.63) is 24.3 Å². The molecule has 130 valence electrons. The number of ether oxygens (including phenoxy) is 1. The smallest absolute Gasteiger partial charge is 0.243 e. The zero-order valence-corrected chi connectivity index (χ0v) is 14.5. The minimum atomic E-state index is -3.48. The highest BCUT2D eigenvalue weighted by Crippen LogP contribution is 2.14. The third-order valence-electron chi connectivity index (χ3n) is 3.21. The quantitative estimate of drug-likeness (QED) is 0.692. The molecule has 0 aromatic heterocycles. The van der Waals surface area contributed by atoms with Gasteiger partial charge in [-0.2, -0.15) is 0 Å². The molecule has 0 saturated carbocycles. The number of rotatable bonds is 6. The van der Waals surface area contributed by atoms with Crippen LogP contribution in [0.4, 0.5) is 5.69 Å². The van der Waals surface area contributed by atoms with Crippen LogP contribution < -0.4 is 15.4 Å². The second kappa shape index (κ2) is 9.19. The van der Waals surface area contributed by atoms with Gasteiger partial charge in [0.25, 0.3) is 0 Å². The fourth-order valence-electron chi connectivity index (χ4n) is 2.00. The summed E-state index contributed by atoms with van der Waals surface area (Å²) in [4.78, 5) is 12.2. The average Bonchev–Trinajstić information content (AvgIpc) is 2.54. The summed E-state index contributed by atoms with van der Waals surface area (Å²) < 4.78 is 31.6. The summed E-state index contributed by atoms with van der Waals surface area (Å²) in [7, 11) is -3.48. The van der Waals surface area contributed by atoms with Crippen molar-refractivity contribution >= 4 is 34.0 Å². The molecular weight excluding hydrogens is 342 g/mol. The molecule has 1 heterocycles. The summed E-state index contributed by atoms with van der Waals surface area (Å²) in [5.74, 6) is -0.195. The number of nitrogens with one attached hydrogen (secondary N) is 3. The zero-order chi connectivity index (χ0) is 16.0. The molecule has 0 radical (unpaired) electrons. The second-order valence-electron chi connectivity index (χ2n) is 4.99. The van der Waals surface area contributed by atoms with E-state index in [1.165, 1.54) is 12.1 Å². The molecule has 1 aromatic carbocycles. The molecule has 9 heteroatoms. The molecule has 1 fully saturated rings. The van der Waals surface area contributed by atoms with Crippen molar-refractivity contribution in [2.24, 2.45) is 0 Å². The number of carbonyl (C=O) groups excluding carboxylic acids is 1. The number of amides is 1. The summed E-state index contributed by atoms with van der Waals surface area (Å²) in [6.07, 6.45) is 0.726. The summed E-state index contributed by atoms with van der Waals surface area (Å²) in [5.41, 5.74) is 0.548. The van der Waals surface area contributed by atoms with Crippen LogP contribution in [0.25, 0.3) is 0 Å². The molecule has 1 saturated heterocycles. The first-order valence-corrected chi connectivity index (χ1v) is 8.73. The van der Waals surface area contributed by atoms with Gasteiger partial charge in [0.15, 0.2) is 0 Å². The minimum Gasteiger partial charge on any atom is -0.378 e. The molecule has 2 rings (SSSR count). The number of hydrogen-bond acceptors (Lipinski definition) is 5. The van der Waals surface area contributed by atoms with Gasteiger partial charge in [-0.1, -0.05) is 6.92 Å². The van der Waals surface area contributed by atoms with E-state index >= 15 is 0 Å². The van der Waals surface area contributed by atoms with Crippen molar-refractivity contribution in [1.29, 1.82) is 0 Å². The molecule has 1 unspecified atom stereocenters. The van der Waals surface area contributed by atoms with E-state index in [-0.39, 0.29) is 29.3 Å². The number of carbonyl (C=O) groups is 1. The monoisotopic (exact) mass is 363 g/mol. The van der Waals surface area contributed by atoms with E-state index in [1.54, 1.807) is 12.1 Å². The van der Waals surface area contributed by atoms with Gasteiger partial charge in [-0.15, -0.1) is 12.4 Å². The van der Waals surface area contributed by atoms with Crippen LogP contribution in [0.2, 0.25) is 0 Å². The van der Waals surface area contributed by atoms with E-state index in [2.05, 4.69) is 15.4 Å². The van der Waals surface area contributed by atoms with E-state index in [0.717, 1.165) is 6.42 Å². The van der Waals surface area contributed by atoms with Crippen molar-refractivity contribution in [2.75, 3.05) is 31.6 Å². The Balaban J connectivity index is 0.00000264. The Hall–Kier alpha value is -1.19. The number of hydrogen-bond donors (Lipinski definition) is 3. The summed E-state index contributed by atoms with van der Waals surface area (Å²) in [6, 6.07) is 5.70. The molecule has 1 aliphatic rings. The van der Waals surface area contributed by atoms with Crippen molar-refractivity contribution in [3.63, 3.8) is 0 Å². The van der Waals surface area contributed by atoms with Gasteiger partial charge in [0.1, 0.15) is 6.04 Å². The molecule has 3 N–H and O–H groups in total. The number of halogens is 1. The first-order chi connectivity index (χ1) is 10.5. The standard InChI is InChI=1S/C14H21N3O4S.ClH/c1-2-7-16-22(19,20)12-5-3-11(4-6-12)17-14(18)13-10-21-9-8-15-13;/h3-6,13,15-16H,2,7-10H2,1H3,(H,17,18);1H. The van der Waals surface area contributed by atoms with E-state index in [1.807, 2.05) is 6.92 Å². The number of benzene rings is 1. The molecular formula is C14H22ClN3O4S. The lowest BCUT2D eigenvalue weighted by molar-refractivity contribution is -0.120. The SMILES string of the molecule is CCCNS(=O)(=O)c1ccc(NC(=O)C2COCCN2)cc1.Cl. The first-order valence-electron chi connectivity index (χ1n) is 7.24. The van der Waals surface area contributed by atoms with Gasteiger partial charge in [-0.3, -0.25) is 4.79 Å². The molecule has 1 amide bonds. The van der Waals surface area contributed by atoms with Crippen molar-refractivity contribution in [3.8, 4) is 0 Å². The molecule has 7 nitrogen and oxygen atoms in total. The predicted molar refractivity (Wildman–Crippen MR) is 90.4 cm³/mol. The van der Waals surface area contributed by atoms with E-state index in [9.17, 15) is 13.2 Å². The highest BCUT2D eigenvalue weighted by atomic mass is 35.5. The summed E-state index contributed by atoms with van der Waals surface area (Å²) in [5, 5.41) is 5.79. The highest BCUT2D eigenvalue weighted by Gasteiger charge is 2.21. The first kappa shape index (κ1) is 19.9. The highest BCUT2D eigenvalue weighted by molar-refractivity contribution is 7.89. The molecule has 0 bridgehead atoms. The third kappa shape index (κ3) is 5.74. The van der Waals surface area contributed by atoms with E-state index < -0.39 is 10.0 Å². The average molecular weight is 364 g/mol. The van der Waals surface area contributed by atoms with Crippen molar-refractivity contribution in [2.45, 2.75) is 24.3 Å². The Bertz CT molecular complexity index is 601. The number of anilines is 1. The topological polar surface area (TPSA) is 96.5 Å². The lowest BCUT2D eigenvalue weighted by atomic mass is 10.2. The molecule has 1 aromatic rings. The van der Waals surface area contributed by atoms with Gasteiger partial charge >= 0.3 is 0 Å². The fourth-order valence-corrected chi connectivity index (χ4v) is 3.13. The van der Waals surface area contributed by atoms with Crippen LogP contribution in [0.15, 0.2) is 29.2 Å². The Morgan fingerprint density at radius 2 is 2.04 bits per heavy atom. The maximum absolute atomic E-state index is 12.0. The van der Waals surface area contributed by atoms with Crippen LogP contribution in [-0.4, -0.2) is 46.7 Å². The largest absolute Gasteiger partial charge is 0.378 e. The molecule has 0 aliphatic carbocycles. The summed E-state index contributed by atoms with van der Waals surface area (Å²) in [6.45, 7) is 3.86. The van der Waals surface area contributed by atoms with Crippen LogP contribution in [0.5, 0.6) is 0 Å². The van der Waals surface area contributed by atoms with Gasteiger partial charge in [0, 0.05) is 18.8 Å². The van der Waals surface area contributed by atoms with Gasteiger partial charge in [-0.05, 0) is 30.7 Å². The Labute approximate surface area is 142 Å². The maximum atomic E-state index is 12.0. The third-order valence-corrected chi connectivity index (χ3v) is 4.69. The van der Waals surface area contributed by atoms with Crippen LogP contribution in [-0.2, 0) is 19.6 Å². The van der Waals surface area contributed by atoms with Crippen LogP contribution in [0, 0.1) is 0 Å². The van der Waals surface area contributed by atoms with E-state index in [0.29, 0.717) is 32.0 Å². The van der Waals surface area contributed by atoms with Gasteiger partial charge in [0.2, 0.25) is 15.9 Å². The van der Waals surface area contributed by atoms with Gasteiger partial charge in [0.05, 0.1) is 18.1 Å². The Morgan fingerprint density at radius 3 is 2.61 bits per heavy atom.